The van der Waals surface area contributed by atoms with Crippen molar-refractivity contribution >= 4 is 29.8 Å². The summed E-state index contributed by atoms with van der Waals surface area (Å²) < 4.78 is 21.3. The molecule has 0 unspecified atom stereocenters. The number of nitrogens with one attached hydrogen (secondary N) is 1. The summed E-state index contributed by atoms with van der Waals surface area (Å²) in [6.45, 7) is 0. The van der Waals surface area contributed by atoms with Gasteiger partial charge in [0.1, 0.15) is 0 Å². The van der Waals surface area contributed by atoms with Crippen LogP contribution in [0.3, 0.4) is 0 Å². The number of benzene rings is 1. The molecule has 3 nitrogen and oxygen atoms in total. The first kappa shape index (κ1) is 9.21. The zero-order chi connectivity index (χ0) is 9.47. The molecule has 0 radical (unpaired) electrons. The van der Waals surface area contributed by atoms with E-state index in [1.807, 2.05) is 18.2 Å². The normalized spacial score (nSPS) is 20.8. The van der Waals surface area contributed by atoms with Crippen molar-refractivity contribution in [3.63, 3.8) is 0 Å². The molecule has 0 saturated heterocycles. The Morgan fingerprint density at radius 1 is 1.54 bits per heavy atom. The number of ether oxygens (including phenoxy) is 1. The van der Waals surface area contributed by atoms with Gasteiger partial charge in [0.05, 0.1) is 0 Å². The topological polar surface area (TPSA) is 38.3 Å². The predicted molar refractivity (Wildman–Crippen MR) is 55.2 cm³/mol. The second kappa shape index (κ2) is 3.10. The van der Waals surface area contributed by atoms with E-state index in [0.29, 0.717) is 0 Å². The fourth-order valence-corrected chi connectivity index (χ4v) is 6.77. The zero-order valence-electron chi connectivity index (χ0n) is 7.40. The number of thiol groups is 1. The number of hydrogen-bond acceptors (Lipinski definition) is 2. The molecule has 0 amide bonds. The fourth-order valence-electron chi connectivity index (χ4n) is 1.23. The zero-order valence-corrected chi connectivity index (χ0v) is 10.0. The monoisotopic (exact) mass is 265 g/mol. The Balaban J connectivity index is 2.56. The van der Waals surface area contributed by atoms with Gasteiger partial charge in [-0.25, -0.2) is 0 Å². The molecule has 1 N–H and O–H groups in total. The van der Waals surface area contributed by atoms with E-state index >= 15 is 0 Å². The van der Waals surface area contributed by atoms with Crippen LogP contribution >= 0.6 is 0 Å². The van der Waals surface area contributed by atoms with E-state index < -0.39 is 10.1 Å². The van der Waals surface area contributed by atoms with Crippen LogP contribution in [0.4, 0.5) is 0 Å². The molecule has 0 saturated carbocycles. The minimum atomic E-state index is -2.28. The Kier molecular flexibility index (Phi) is 2.20. The maximum atomic E-state index is 12.0. The van der Waals surface area contributed by atoms with Gasteiger partial charge in [-0.05, 0) is 0 Å². The Bertz CT molecular complexity index is 394. The summed E-state index contributed by atoms with van der Waals surface area (Å²) in [6.07, 6.45) is 1.76. The molecule has 0 fully saturated rings. The van der Waals surface area contributed by atoms with Crippen molar-refractivity contribution in [1.29, 1.82) is 0 Å². The Hall–Kier alpha value is -0.351. The maximum absolute atomic E-state index is 12.0. The third-order valence-corrected chi connectivity index (χ3v) is 8.00. The van der Waals surface area contributed by atoms with E-state index in [1.165, 1.54) is 4.46 Å². The van der Waals surface area contributed by atoms with Crippen LogP contribution in [-0.4, -0.2) is 32.7 Å². The summed E-state index contributed by atoms with van der Waals surface area (Å²) in [7, 11) is -0.655. The third kappa shape index (κ3) is 1.53. The van der Waals surface area contributed by atoms with Crippen molar-refractivity contribution in [2.75, 3.05) is 13.4 Å². The van der Waals surface area contributed by atoms with Gasteiger partial charge in [-0.1, -0.05) is 0 Å². The molecular formula is C8H11NO2SSe. The Morgan fingerprint density at radius 3 is 3.00 bits per heavy atom. The molecule has 5 heteroatoms. The van der Waals surface area contributed by atoms with Crippen molar-refractivity contribution in [1.82, 2.24) is 3.74 Å². The van der Waals surface area contributed by atoms with Gasteiger partial charge in [-0.3, -0.25) is 0 Å². The molecule has 0 aliphatic carbocycles. The summed E-state index contributed by atoms with van der Waals surface area (Å²) in [4.78, 5) is 0.937. The van der Waals surface area contributed by atoms with E-state index in [4.69, 9.17) is 4.74 Å². The van der Waals surface area contributed by atoms with Crippen LogP contribution in [0.2, 0.25) is 0 Å². The second-order valence-electron chi connectivity index (χ2n) is 2.95. The average molecular weight is 264 g/mol. The van der Waals surface area contributed by atoms with Gasteiger partial charge < -0.3 is 0 Å². The first-order valence-electron chi connectivity index (χ1n) is 3.84. The van der Waals surface area contributed by atoms with E-state index in [1.54, 1.807) is 13.4 Å². The van der Waals surface area contributed by atoms with Crippen molar-refractivity contribution in [2.24, 2.45) is 0 Å². The standard InChI is InChI=1S/C8H11NO2SSe/c1-11-6-3-4-8-7(5-6)12(2,10)9-13-8/h3-5,12H,1-2H3,(H,9,10). The van der Waals surface area contributed by atoms with Crippen LogP contribution < -0.4 is 12.9 Å². The van der Waals surface area contributed by atoms with Gasteiger partial charge in [0, 0.05) is 0 Å². The molecule has 0 aromatic heterocycles. The fraction of sp³-hybridized carbons (Fsp3) is 0.250. The first-order chi connectivity index (χ1) is 6.13. The van der Waals surface area contributed by atoms with Crippen molar-refractivity contribution in [2.45, 2.75) is 4.90 Å². The van der Waals surface area contributed by atoms with Gasteiger partial charge in [0.2, 0.25) is 0 Å². The molecular weight excluding hydrogens is 253 g/mol. The van der Waals surface area contributed by atoms with Gasteiger partial charge in [-0.15, -0.1) is 0 Å². The van der Waals surface area contributed by atoms with E-state index in [2.05, 4.69) is 3.74 Å². The van der Waals surface area contributed by atoms with Gasteiger partial charge in [0.25, 0.3) is 0 Å². The van der Waals surface area contributed by atoms with Gasteiger partial charge in [0.15, 0.2) is 0 Å². The van der Waals surface area contributed by atoms with E-state index in [-0.39, 0.29) is 15.2 Å². The quantitative estimate of drug-likeness (QED) is 0.528. The van der Waals surface area contributed by atoms with Crippen molar-refractivity contribution < 1.29 is 8.95 Å². The molecule has 13 heavy (non-hydrogen) atoms. The first-order valence-corrected chi connectivity index (χ1v) is 7.70. The molecule has 1 aromatic rings. The summed E-state index contributed by atoms with van der Waals surface area (Å²) >= 11 is 0.159. The predicted octanol–water partition coefficient (Wildman–Crippen LogP) is -0.537. The number of rotatable bonds is 1. The molecule has 0 atom stereocenters. The molecule has 2 rings (SSSR count). The molecule has 1 aliphatic rings. The van der Waals surface area contributed by atoms with Crippen molar-refractivity contribution in [3.05, 3.63) is 18.2 Å². The summed E-state index contributed by atoms with van der Waals surface area (Å²) in [5.74, 6) is 0.778. The molecule has 72 valence electrons. The Morgan fingerprint density at radius 2 is 2.31 bits per heavy atom. The molecule has 1 aliphatic heterocycles. The summed E-state index contributed by atoms with van der Waals surface area (Å²) in [5.41, 5.74) is 0. The summed E-state index contributed by atoms with van der Waals surface area (Å²) in [6, 6.07) is 5.77. The van der Waals surface area contributed by atoms with Crippen LogP contribution in [0.1, 0.15) is 0 Å². The van der Waals surface area contributed by atoms with E-state index in [0.717, 1.165) is 10.6 Å². The van der Waals surface area contributed by atoms with Crippen LogP contribution in [0.5, 0.6) is 5.75 Å². The van der Waals surface area contributed by atoms with Gasteiger partial charge in [-0.2, -0.15) is 0 Å². The van der Waals surface area contributed by atoms with Crippen LogP contribution in [-0.2, 0) is 10.1 Å². The van der Waals surface area contributed by atoms with Crippen LogP contribution in [0.25, 0.3) is 0 Å². The molecule has 0 spiro atoms. The molecule has 1 heterocycles. The molecule has 1 aromatic carbocycles. The SMILES string of the molecule is COc1ccc2c(c1)[SH](C)(=O)N[Se]2. The van der Waals surface area contributed by atoms with Gasteiger partial charge >= 0.3 is 84.6 Å². The third-order valence-electron chi connectivity index (χ3n) is 1.96. The van der Waals surface area contributed by atoms with Crippen LogP contribution in [0.15, 0.2) is 23.1 Å². The molecule has 0 bridgehead atoms. The van der Waals surface area contributed by atoms with Crippen LogP contribution in [0, 0.1) is 0 Å². The Labute approximate surface area is 84.8 Å². The van der Waals surface area contributed by atoms with E-state index in [9.17, 15) is 4.21 Å². The van der Waals surface area contributed by atoms with Crippen molar-refractivity contribution in [3.8, 4) is 5.75 Å². The average Bonchev–Trinajstić information content (AvgIpc) is 2.42. The minimum absolute atomic E-state index is 0.159. The number of hydrogen-bond donors (Lipinski definition) is 2. The summed E-state index contributed by atoms with van der Waals surface area (Å²) in [5, 5.41) is 0. The number of fused-ring (bicyclic) bond motifs is 1. The number of methoxy groups -OCH3 is 1. The second-order valence-corrected chi connectivity index (χ2v) is 7.96.